The van der Waals surface area contributed by atoms with Gasteiger partial charge < -0.3 is 4.74 Å². The van der Waals surface area contributed by atoms with Crippen LogP contribution in [0.25, 0.3) is 65.6 Å². The minimum absolute atomic E-state index is 0.00844. The normalized spacial score (nSPS) is 13.4. The number of halogens is 11. The summed E-state index contributed by atoms with van der Waals surface area (Å²) in [5.41, 5.74) is -5.81. The predicted molar refractivity (Wildman–Crippen MR) is 175 cm³/mol. The van der Waals surface area contributed by atoms with Gasteiger partial charge in [-0.1, -0.05) is 36.4 Å². The van der Waals surface area contributed by atoms with Gasteiger partial charge in [0.15, 0.2) is 34.9 Å². The van der Waals surface area contributed by atoms with E-state index in [9.17, 15) is 41.3 Å². The first-order chi connectivity index (χ1) is 26.5. The molecular weight excluding hydrogens is 761 g/mol. The molecule has 0 saturated carbocycles. The maximum atomic E-state index is 15.6. The summed E-state index contributed by atoms with van der Waals surface area (Å²) in [5.74, 6) is -18.7. The van der Waals surface area contributed by atoms with Gasteiger partial charge in [0.25, 0.3) is 11.4 Å². The lowest BCUT2D eigenvalue weighted by Crippen LogP contribution is -2.25. The minimum atomic E-state index is -5.74. The summed E-state index contributed by atoms with van der Waals surface area (Å²) in [5, 5.41) is 20.0. The average molecular weight is 775 g/mol. The van der Waals surface area contributed by atoms with Crippen LogP contribution < -0.4 is 15.2 Å². The summed E-state index contributed by atoms with van der Waals surface area (Å²) in [7, 11) is 0. The molecule has 0 heterocycles. The van der Waals surface area contributed by atoms with Crippen molar-refractivity contribution < 1.29 is 53.0 Å². The molecule has 0 atom stereocenters. The van der Waals surface area contributed by atoms with Crippen molar-refractivity contribution in [3.8, 4) is 62.4 Å². The lowest BCUT2D eigenvalue weighted by molar-refractivity contribution is -0.276. The largest absolute Gasteiger partial charge is 0.573 e. The molecule has 0 spiro atoms. The van der Waals surface area contributed by atoms with E-state index in [0.29, 0.717) is 0 Å². The van der Waals surface area contributed by atoms with Gasteiger partial charge in [0.05, 0.1) is 36.4 Å². The Bertz CT molecular complexity index is 2890. The Labute approximate surface area is 307 Å². The zero-order chi connectivity index (χ0) is 40.7. The zero-order valence-electron chi connectivity index (χ0n) is 27.7. The first-order valence-corrected chi connectivity index (χ1v) is 15.7. The van der Waals surface area contributed by atoms with E-state index in [4.69, 9.17) is 13.1 Å². The fraction of sp³-hybridized carbons (Fsp3) is 0.100. The minimum Gasteiger partial charge on any atom is -0.399 e. The molecule has 2 aliphatic carbocycles. The Morgan fingerprint density at radius 3 is 1.23 bits per heavy atom. The van der Waals surface area contributed by atoms with Gasteiger partial charge in [-0.05, 0) is 75.4 Å². The Morgan fingerprint density at radius 1 is 0.571 bits per heavy atom. The molecule has 7 rings (SSSR count). The summed E-state index contributed by atoms with van der Waals surface area (Å²) in [6, 6.07) is 10.7. The molecule has 276 valence electrons. The molecule has 0 unspecified atom stereocenters. The van der Waals surface area contributed by atoms with Crippen molar-refractivity contribution in [3.63, 3.8) is 0 Å². The van der Waals surface area contributed by atoms with Crippen LogP contribution in [0.5, 0.6) is 5.75 Å². The van der Waals surface area contributed by atoms with Gasteiger partial charge in [-0.15, -0.1) is 13.2 Å². The van der Waals surface area contributed by atoms with Crippen molar-refractivity contribution in [1.82, 2.24) is 0 Å². The fourth-order valence-corrected chi connectivity index (χ4v) is 7.47. The number of nitrogens with zero attached hydrogens (tertiary/aromatic N) is 4. The van der Waals surface area contributed by atoms with E-state index in [1.165, 1.54) is 18.2 Å². The van der Waals surface area contributed by atoms with Crippen LogP contribution in [-0.2, 0) is 12.8 Å². The van der Waals surface area contributed by atoms with E-state index >= 15 is 17.6 Å². The van der Waals surface area contributed by atoms with Gasteiger partial charge in [0, 0.05) is 16.0 Å². The summed E-state index contributed by atoms with van der Waals surface area (Å²) in [6.45, 7) is 16.5. The zero-order valence-corrected chi connectivity index (χ0v) is 27.7. The first kappa shape index (κ1) is 37.2. The smallest absolute Gasteiger partial charge is 0.399 e. The number of benzene rings is 5. The lowest BCUT2D eigenvalue weighted by Gasteiger charge is -2.16. The van der Waals surface area contributed by atoms with E-state index < -0.39 is 105 Å². The third kappa shape index (κ3) is 5.18. The van der Waals surface area contributed by atoms with Gasteiger partial charge in [0.1, 0.15) is 0 Å². The molecule has 56 heavy (non-hydrogen) atoms. The average Bonchev–Trinajstić information content (AvgIpc) is 3.75. The Kier molecular flexibility index (Phi) is 8.63. The molecular formula is C40H13F11N4O. The lowest BCUT2D eigenvalue weighted by atomic mass is 9.90. The van der Waals surface area contributed by atoms with E-state index in [1.54, 1.807) is 12.1 Å². The van der Waals surface area contributed by atoms with E-state index in [-0.39, 0.29) is 60.5 Å². The molecule has 0 fully saturated rings. The summed E-state index contributed by atoms with van der Waals surface area (Å²) in [4.78, 5) is 6.65. The first-order valence-electron chi connectivity index (χ1n) is 15.7. The van der Waals surface area contributed by atoms with Crippen LogP contribution in [-0.4, -0.2) is 6.36 Å². The van der Waals surface area contributed by atoms with Crippen molar-refractivity contribution >= 4 is 11.4 Å². The number of rotatable bonds is 3. The highest BCUT2D eigenvalue weighted by Gasteiger charge is 2.40. The topological polar surface area (TPSA) is 65.5 Å². The summed E-state index contributed by atoms with van der Waals surface area (Å²) in [6.07, 6.45) is -6.68. The summed E-state index contributed by atoms with van der Waals surface area (Å²) < 4.78 is 163. The third-order valence-corrected chi connectivity index (χ3v) is 9.68. The molecule has 0 N–H and O–H groups in total. The molecule has 0 radical (unpaired) electrons. The van der Waals surface area contributed by atoms with Crippen LogP contribution in [0, 0.1) is 89.3 Å². The standard InChI is InChI=1S/C40H13F11N4O/c1-14-31(41)33(43)29(34(44)32(14)42)17-8-4-6-15-19(17)10-21-25(15)28(24(13-53)55-3)22-11-20-16(26(22)27(21)23(12-52)54-2)7-5-9-18(20)30-35(45)37(47)39(38(48)36(30)46)56-40(49,50)51/h4-9H,10-11H2,1H3/b27-23+,28-24-. The second-order valence-electron chi connectivity index (χ2n) is 12.4. The van der Waals surface area contributed by atoms with E-state index in [1.807, 2.05) is 0 Å². The van der Waals surface area contributed by atoms with Crippen molar-refractivity contribution in [2.45, 2.75) is 26.1 Å². The Balaban J connectivity index is 1.60. The molecule has 0 bridgehead atoms. The molecule has 5 aromatic rings. The van der Waals surface area contributed by atoms with Gasteiger partial charge in [-0.2, -0.15) is 8.78 Å². The highest BCUT2D eigenvalue weighted by atomic mass is 19.4. The molecule has 5 aromatic carbocycles. The molecule has 0 amide bonds. The molecule has 0 saturated heterocycles. The van der Waals surface area contributed by atoms with Gasteiger partial charge in [-0.3, -0.25) is 0 Å². The number of hydrogen-bond donors (Lipinski definition) is 0. The SMILES string of the molecule is [C-]#[N+]/C(C#N)=c1/c2c(/c(=C(\C#N)[N+]#[C-])c3c1-c1cccc(-c4c(F)c(F)c(C)c(F)c4F)c1C3)-c1cccc(-c3c(F)c(F)c(OC(F)(F)F)c(F)c3F)c1C2. The molecule has 16 heteroatoms. The maximum absolute atomic E-state index is 15.6. The Morgan fingerprint density at radius 2 is 0.911 bits per heavy atom. The molecule has 2 aliphatic rings. The van der Waals surface area contributed by atoms with Gasteiger partial charge in [0.2, 0.25) is 17.4 Å². The van der Waals surface area contributed by atoms with Crippen molar-refractivity contribution in [2.75, 3.05) is 0 Å². The van der Waals surface area contributed by atoms with Crippen molar-refractivity contribution in [1.29, 1.82) is 10.5 Å². The number of hydrogen-bond acceptors (Lipinski definition) is 3. The van der Waals surface area contributed by atoms with Crippen LogP contribution in [0.4, 0.5) is 48.3 Å². The van der Waals surface area contributed by atoms with E-state index in [2.05, 4.69) is 14.4 Å². The second-order valence-corrected chi connectivity index (χ2v) is 12.4. The van der Waals surface area contributed by atoms with Crippen LogP contribution in [0.1, 0.15) is 27.8 Å². The highest BCUT2D eigenvalue weighted by Crippen LogP contribution is 2.48. The molecule has 0 aliphatic heterocycles. The monoisotopic (exact) mass is 774 g/mol. The second kappa shape index (κ2) is 13.0. The summed E-state index contributed by atoms with van der Waals surface area (Å²) >= 11 is 0. The Hall–Kier alpha value is -7.17. The van der Waals surface area contributed by atoms with Crippen molar-refractivity contribution in [3.05, 3.63) is 144 Å². The molecule has 0 aromatic heterocycles. The van der Waals surface area contributed by atoms with Crippen LogP contribution >= 0.6 is 0 Å². The highest BCUT2D eigenvalue weighted by molar-refractivity contribution is 5.96. The van der Waals surface area contributed by atoms with Crippen LogP contribution in [0.3, 0.4) is 0 Å². The van der Waals surface area contributed by atoms with Crippen molar-refractivity contribution in [2.24, 2.45) is 0 Å². The molecule has 5 nitrogen and oxygen atoms in total. The van der Waals surface area contributed by atoms with Gasteiger partial charge >= 0.3 is 6.36 Å². The fourth-order valence-electron chi connectivity index (χ4n) is 7.47. The van der Waals surface area contributed by atoms with Crippen LogP contribution in [0.2, 0.25) is 0 Å². The number of fused-ring (bicyclic) bond motifs is 6. The number of ether oxygens (including phenoxy) is 1. The quantitative estimate of drug-likeness (QED) is 0.102. The van der Waals surface area contributed by atoms with E-state index in [0.717, 1.165) is 25.1 Å². The third-order valence-electron chi connectivity index (χ3n) is 9.68. The number of alkyl halides is 3. The maximum Gasteiger partial charge on any atom is 0.573 e. The van der Waals surface area contributed by atoms with Crippen LogP contribution in [0.15, 0.2) is 36.4 Å². The predicted octanol–water partition coefficient (Wildman–Crippen LogP) is 9.58. The number of nitriles is 2. The van der Waals surface area contributed by atoms with Gasteiger partial charge in [-0.25, -0.2) is 46.6 Å².